The van der Waals surface area contributed by atoms with Crippen molar-refractivity contribution in [3.63, 3.8) is 0 Å². The SMILES string of the molecule is N[C@@H](CCNC(=O)NCC1CCNCC1)C(=O)O. The van der Waals surface area contributed by atoms with Gasteiger partial charge in [0.25, 0.3) is 0 Å². The number of carboxylic acid groups (broad SMARTS) is 1. The van der Waals surface area contributed by atoms with Crippen molar-refractivity contribution in [3.8, 4) is 0 Å². The molecule has 1 heterocycles. The van der Waals surface area contributed by atoms with Gasteiger partial charge in [0.2, 0.25) is 0 Å². The van der Waals surface area contributed by atoms with Crippen LogP contribution in [0.2, 0.25) is 0 Å². The van der Waals surface area contributed by atoms with Crippen molar-refractivity contribution >= 4 is 12.0 Å². The summed E-state index contributed by atoms with van der Waals surface area (Å²) in [6, 6.07) is -1.18. The van der Waals surface area contributed by atoms with E-state index in [0.717, 1.165) is 25.9 Å². The topological polar surface area (TPSA) is 116 Å². The third kappa shape index (κ3) is 5.83. The molecule has 1 saturated heterocycles. The maximum absolute atomic E-state index is 11.4. The quantitative estimate of drug-likeness (QED) is 0.423. The molecule has 1 aliphatic heterocycles. The van der Waals surface area contributed by atoms with E-state index >= 15 is 0 Å². The summed E-state index contributed by atoms with van der Waals surface area (Å²) in [4.78, 5) is 21.9. The van der Waals surface area contributed by atoms with Crippen LogP contribution in [0.1, 0.15) is 19.3 Å². The molecule has 0 aromatic heterocycles. The monoisotopic (exact) mass is 258 g/mol. The maximum Gasteiger partial charge on any atom is 0.320 e. The number of nitrogens with two attached hydrogens (primary N) is 1. The molecule has 1 fully saturated rings. The molecule has 7 heteroatoms. The largest absolute Gasteiger partial charge is 0.480 e. The van der Waals surface area contributed by atoms with E-state index in [2.05, 4.69) is 16.0 Å². The molecule has 6 N–H and O–H groups in total. The Labute approximate surface area is 106 Å². The molecule has 1 aliphatic rings. The van der Waals surface area contributed by atoms with E-state index in [9.17, 15) is 9.59 Å². The van der Waals surface area contributed by atoms with Gasteiger partial charge in [0.05, 0.1) is 0 Å². The summed E-state index contributed by atoms with van der Waals surface area (Å²) in [6.45, 7) is 2.94. The highest BCUT2D eigenvalue weighted by Gasteiger charge is 2.14. The molecule has 0 aliphatic carbocycles. The summed E-state index contributed by atoms with van der Waals surface area (Å²) in [7, 11) is 0. The zero-order valence-electron chi connectivity index (χ0n) is 10.4. The Morgan fingerprint density at radius 1 is 1.33 bits per heavy atom. The number of piperidine rings is 1. The third-order valence-corrected chi connectivity index (χ3v) is 3.07. The zero-order valence-corrected chi connectivity index (χ0v) is 10.4. The minimum atomic E-state index is -1.05. The van der Waals surface area contributed by atoms with Crippen LogP contribution in [-0.2, 0) is 4.79 Å². The summed E-state index contributed by atoms with van der Waals surface area (Å²) in [5.41, 5.74) is 5.32. The predicted molar refractivity (Wildman–Crippen MR) is 67.2 cm³/mol. The number of carboxylic acids is 1. The number of carbonyl (C=O) groups excluding carboxylic acids is 1. The number of aliphatic carboxylic acids is 1. The molecular weight excluding hydrogens is 236 g/mol. The summed E-state index contributed by atoms with van der Waals surface area (Å²) in [5, 5.41) is 17.2. The van der Waals surface area contributed by atoms with Gasteiger partial charge in [-0.1, -0.05) is 0 Å². The van der Waals surface area contributed by atoms with E-state index in [1.807, 2.05) is 0 Å². The summed E-state index contributed by atoms with van der Waals surface area (Å²) < 4.78 is 0. The fraction of sp³-hybridized carbons (Fsp3) is 0.818. The second kappa shape index (κ2) is 7.88. The van der Waals surface area contributed by atoms with Gasteiger partial charge in [-0.3, -0.25) is 4.79 Å². The van der Waals surface area contributed by atoms with Gasteiger partial charge in [0.1, 0.15) is 6.04 Å². The van der Waals surface area contributed by atoms with Gasteiger partial charge in [-0.15, -0.1) is 0 Å². The van der Waals surface area contributed by atoms with E-state index in [1.54, 1.807) is 0 Å². The Hall–Kier alpha value is -1.34. The second-order valence-corrected chi connectivity index (χ2v) is 4.56. The first-order valence-corrected chi connectivity index (χ1v) is 6.30. The normalized spacial score (nSPS) is 18.1. The van der Waals surface area contributed by atoms with Crippen molar-refractivity contribution < 1.29 is 14.7 Å². The van der Waals surface area contributed by atoms with Crippen LogP contribution in [0.25, 0.3) is 0 Å². The molecule has 1 rings (SSSR count). The van der Waals surface area contributed by atoms with E-state index in [0.29, 0.717) is 12.5 Å². The Morgan fingerprint density at radius 3 is 2.61 bits per heavy atom. The van der Waals surface area contributed by atoms with Gasteiger partial charge in [0.15, 0.2) is 0 Å². The summed E-state index contributed by atoms with van der Waals surface area (Å²) in [6.07, 6.45) is 2.38. The van der Waals surface area contributed by atoms with Gasteiger partial charge in [-0.25, -0.2) is 4.79 Å². The molecule has 18 heavy (non-hydrogen) atoms. The van der Waals surface area contributed by atoms with Crippen molar-refractivity contribution in [2.45, 2.75) is 25.3 Å². The van der Waals surface area contributed by atoms with Crippen LogP contribution in [-0.4, -0.2) is 49.3 Å². The molecule has 7 nitrogen and oxygen atoms in total. The fourth-order valence-electron chi connectivity index (χ4n) is 1.85. The minimum absolute atomic E-state index is 0.232. The average Bonchev–Trinajstić information content (AvgIpc) is 2.37. The molecule has 0 radical (unpaired) electrons. The minimum Gasteiger partial charge on any atom is -0.480 e. The van der Waals surface area contributed by atoms with E-state index in [-0.39, 0.29) is 19.0 Å². The number of nitrogens with one attached hydrogen (secondary N) is 3. The summed E-state index contributed by atoms with van der Waals surface area (Å²) in [5.74, 6) is -0.523. The average molecular weight is 258 g/mol. The molecule has 0 saturated carbocycles. The fourth-order valence-corrected chi connectivity index (χ4v) is 1.85. The van der Waals surface area contributed by atoms with Crippen LogP contribution in [0, 0.1) is 5.92 Å². The molecular formula is C11H22N4O3. The third-order valence-electron chi connectivity index (χ3n) is 3.07. The van der Waals surface area contributed by atoms with E-state index in [1.165, 1.54) is 0 Å². The number of rotatable bonds is 6. The lowest BCUT2D eigenvalue weighted by Crippen LogP contribution is -2.42. The molecule has 0 bridgehead atoms. The molecule has 0 aromatic rings. The highest BCUT2D eigenvalue weighted by molar-refractivity contribution is 5.74. The molecule has 0 spiro atoms. The van der Waals surface area contributed by atoms with E-state index in [4.69, 9.17) is 10.8 Å². The van der Waals surface area contributed by atoms with Crippen molar-refractivity contribution in [2.75, 3.05) is 26.2 Å². The second-order valence-electron chi connectivity index (χ2n) is 4.56. The standard InChI is InChI=1S/C11H22N4O3/c12-9(10(16)17)3-6-14-11(18)15-7-8-1-4-13-5-2-8/h8-9,13H,1-7,12H2,(H,16,17)(H2,14,15,18)/t9-/m0/s1. The maximum atomic E-state index is 11.4. The Balaban J connectivity index is 2.04. The molecule has 2 amide bonds. The lowest BCUT2D eigenvalue weighted by molar-refractivity contribution is -0.138. The Bertz CT molecular complexity index is 279. The number of amides is 2. The van der Waals surface area contributed by atoms with Gasteiger partial charge >= 0.3 is 12.0 Å². The van der Waals surface area contributed by atoms with Crippen molar-refractivity contribution in [1.29, 1.82) is 0 Å². The zero-order chi connectivity index (χ0) is 13.4. The van der Waals surface area contributed by atoms with Gasteiger partial charge in [0, 0.05) is 13.1 Å². The van der Waals surface area contributed by atoms with Crippen molar-refractivity contribution in [3.05, 3.63) is 0 Å². The molecule has 0 aromatic carbocycles. The van der Waals surface area contributed by atoms with E-state index < -0.39 is 12.0 Å². The van der Waals surface area contributed by atoms with Crippen LogP contribution < -0.4 is 21.7 Å². The van der Waals surface area contributed by atoms with Crippen molar-refractivity contribution in [1.82, 2.24) is 16.0 Å². The molecule has 1 atom stereocenters. The van der Waals surface area contributed by atoms with Crippen LogP contribution in [0.3, 0.4) is 0 Å². The van der Waals surface area contributed by atoms with Gasteiger partial charge in [-0.05, 0) is 38.3 Å². The molecule has 0 unspecified atom stereocenters. The van der Waals surface area contributed by atoms with Crippen molar-refractivity contribution in [2.24, 2.45) is 11.7 Å². The smallest absolute Gasteiger partial charge is 0.320 e. The lowest BCUT2D eigenvalue weighted by Gasteiger charge is -2.22. The highest BCUT2D eigenvalue weighted by atomic mass is 16.4. The number of urea groups is 1. The first-order chi connectivity index (χ1) is 8.59. The van der Waals surface area contributed by atoms with Gasteiger partial charge in [-0.2, -0.15) is 0 Å². The predicted octanol–water partition coefficient (Wildman–Crippen LogP) is -0.913. The van der Waals surface area contributed by atoms with Crippen LogP contribution >= 0.6 is 0 Å². The molecule has 104 valence electrons. The number of hydrogen-bond donors (Lipinski definition) is 5. The lowest BCUT2D eigenvalue weighted by atomic mass is 9.98. The number of hydrogen-bond acceptors (Lipinski definition) is 4. The highest BCUT2D eigenvalue weighted by Crippen LogP contribution is 2.09. The first-order valence-electron chi connectivity index (χ1n) is 6.30. The van der Waals surface area contributed by atoms with Gasteiger partial charge < -0.3 is 26.8 Å². The van der Waals surface area contributed by atoms with Crippen LogP contribution in [0.4, 0.5) is 4.79 Å². The Kier molecular flexibility index (Phi) is 6.45. The first kappa shape index (κ1) is 14.7. The number of carbonyl (C=O) groups is 2. The Morgan fingerprint density at radius 2 is 2.00 bits per heavy atom. The van der Waals surface area contributed by atoms with Crippen LogP contribution in [0.15, 0.2) is 0 Å². The van der Waals surface area contributed by atoms with Crippen LogP contribution in [0.5, 0.6) is 0 Å². The summed E-state index contributed by atoms with van der Waals surface area (Å²) >= 11 is 0.